The van der Waals surface area contributed by atoms with Crippen molar-refractivity contribution in [2.75, 3.05) is 48.0 Å². The molecule has 3 heterocycles. The number of hydrogen-bond donors (Lipinski definition) is 3. The first-order valence-corrected chi connectivity index (χ1v) is 17.1. The molecule has 1 aliphatic heterocycles. The first kappa shape index (κ1) is 35.1. The van der Waals surface area contributed by atoms with Gasteiger partial charge >= 0.3 is 6.03 Å². The van der Waals surface area contributed by atoms with Crippen LogP contribution in [0.1, 0.15) is 53.6 Å². The summed E-state index contributed by atoms with van der Waals surface area (Å²) >= 11 is 0. The molecule has 47 heavy (non-hydrogen) atoms. The highest BCUT2D eigenvalue weighted by Gasteiger charge is 2.24. The van der Waals surface area contributed by atoms with E-state index in [1.54, 1.807) is 4.68 Å². The molecule has 250 valence electrons. The Labute approximate surface area is 276 Å². The number of carbonyl (C=O) groups excluding carboxylic acids is 2. The van der Waals surface area contributed by atoms with Gasteiger partial charge in [-0.05, 0) is 57.2 Å². The highest BCUT2D eigenvalue weighted by molar-refractivity contribution is 7.85. The number of aromatic nitrogens is 3. The fraction of sp³-hybridized carbons (Fsp3) is 0.353. The second-order valence-corrected chi connectivity index (χ2v) is 14.1. The van der Waals surface area contributed by atoms with Gasteiger partial charge in [0.25, 0.3) is 16.0 Å². The Morgan fingerprint density at radius 3 is 1.91 bits per heavy atom. The van der Waals surface area contributed by atoms with E-state index in [4.69, 9.17) is 14.6 Å². The fourth-order valence-electron chi connectivity index (χ4n) is 4.86. The summed E-state index contributed by atoms with van der Waals surface area (Å²) in [6.07, 6.45) is 0.715. The van der Waals surface area contributed by atoms with Crippen LogP contribution in [0.15, 0.2) is 66.7 Å². The fourth-order valence-corrected chi connectivity index (χ4v) is 4.86. The molecule has 0 atom stereocenters. The van der Waals surface area contributed by atoms with Crippen LogP contribution in [0.4, 0.5) is 22.1 Å². The van der Waals surface area contributed by atoms with Gasteiger partial charge < -0.3 is 15.1 Å². The number of pyridine rings is 1. The van der Waals surface area contributed by atoms with Gasteiger partial charge in [0, 0.05) is 43.2 Å². The average Bonchev–Trinajstić information content (AvgIpc) is 3.42. The highest BCUT2D eigenvalue weighted by Crippen LogP contribution is 2.27. The number of benzene rings is 2. The number of rotatable bonds is 5. The van der Waals surface area contributed by atoms with Gasteiger partial charge in [0.1, 0.15) is 11.6 Å². The molecule has 1 aliphatic rings. The topological polar surface area (TPSA) is 150 Å². The molecule has 1 fully saturated rings. The van der Waals surface area contributed by atoms with Crippen LogP contribution in [-0.4, -0.2) is 77.0 Å². The summed E-state index contributed by atoms with van der Waals surface area (Å²) in [5.41, 5.74) is 5.91. The summed E-state index contributed by atoms with van der Waals surface area (Å²) in [5.74, 6) is 1.47. The van der Waals surface area contributed by atoms with Crippen molar-refractivity contribution in [1.29, 1.82) is 0 Å². The Kier molecular flexibility index (Phi) is 10.7. The zero-order valence-corrected chi connectivity index (χ0v) is 28.7. The molecule has 0 spiro atoms. The minimum absolute atomic E-state index is 0.0580. The summed E-state index contributed by atoms with van der Waals surface area (Å²) in [7, 11) is -3.67. The van der Waals surface area contributed by atoms with E-state index in [0.29, 0.717) is 55.2 Å². The third kappa shape index (κ3) is 9.87. The molecule has 12 nitrogen and oxygen atoms in total. The van der Waals surface area contributed by atoms with Crippen LogP contribution in [0.3, 0.4) is 0 Å². The standard InChI is InChI=1S/C33H39N7O2.CH4O3S/c1-22-7-11-25(12-8-22)31(41)39-19-17-38(18-20-39)29-16-15-27(24(3)34-29)35-32(42)36-30-21-28(33(4,5)6)37-40(30)26-13-9-23(2)10-14-26;1-5(2,3)4/h7-16,21H,17-20H2,1-6H3,(H2,35,36,42);1H3,(H,2,3,4). The lowest BCUT2D eigenvalue weighted by Gasteiger charge is -2.35. The lowest BCUT2D eigenvalue weighted by molar-refractivity contribution is 0.0746. The Balaban J connectivity index is 0.000000930. The van der Waals surface area contributed by atoms with Gasteiger partial charge in [0.15, 0.2) is 0 Å². The smallest absolute Gasteiger partial charge is 0.324 e. The van der Waals surface area contributed by atoms with Crippen molar-refractivity contribution in [3.05, 3.63) is 94.8 Å². The van der Waals surface area contributed by atoms with E-state index >= 15 is 0 Å². The average molecular weight is 662 g/mol. The third-order valence-electron chi connectivity index (χ3n) is 7.51. The van der Waals surface area contributed by atoms with Gasteiger partial charge in [-0.15, -0.1) is 0 Å². The number of hydrogen-bond acceptors (Lipinski definition) is 7. The Hall–Kier alpha value is -4.75. The number of anilines is 3. The van der Waals surface area contributed by atoms with E-state index < -0.39 is 10.1 Å². The number of nitrogens with one attached hydrogen (secondary N) is 2. The zero-order chi connectivity index (χ0) is 34.5. The summed E-state index contributed by atoms with van der Waals surface area (Å²) in [6, 6.07) is 21.1. The van der Waals surface area contributed by atoms with E-state index in [-0.39, 0.29) is 17.4 Å². The van der Waals surface area contributed by atoms with Crippen LogP contribution in [0.5, 0.6) is 0 Å². The molecular formula is C34H43N7O5S. The van der Waals surface area contributed by atoms with Crippen molar-refractivity contribution in [2.24, 2.45) is 0 Å². The predicted molar refractivity (Wildman–Crippen MR) is 185 cm³/mol. The van der Waals surface area contributed by atoms with Crippen molar-refractivity contribution in [2.45, 2.75) is 47.0 Å². The lowest BCUT2D eigenvalue weighted by atomic mass is 9.92. The van der Waals surface area contributed by atoms with E-state index in [2.05, 4.69) is 36.3 Å². The summed E-state index contributed by atoms with van der Waals surface area (Å²) in [6.45, 7) is 14.8. The van der Waals surface area contributed by atoms with Crippen LogP contribution < -0.4 is 15.5 Å². The van der Waals surface area contributed by atoms with Crippen molar-refractivity contribution < 1.29 is 22.6 Å². The second kappa shape index (κ2) is 14.3. The molecule has 5 rings (SSSR count). The van der Waals surface area contributed by atoms with Crippen LogP contribution >= 0.6 is 0 Å². The highest BCUT2D eigenvalue weighted by atomic mass is 32.2. The largest absolute Gasteiger partial charge is 0.353 e. The summed E-state index contributed by atoms with van der Waals surface area (Å²) in [4.78, 5) is 34.8. The number of amides is 3. The maximum atomic E-state index is 13.1. The lowest BCUT2D eigenvalue weighted by Crippen LogP contribution is -2.49. The molecule has 0 radical (unpaired) electrons. The molecule has 2 aromatic carbocycles. The predicted octanol–water partition coefficient (Wildman–Crippen LogP) is 5.60. The van der Waals surface area contributed by atoms with Crippen molar-refractivity contribution in [3.63, 3.8) is 0 Å². The number of urea groups is 1. The maximum Gasteiger partial charge on any atom is 0.324 e. The minimum atomic E-state index is -3.67. The van der Waals surface area contributed by atoms with Crippen LogP contribution in [0.2, 0.25) is 0 Å². The molecule has 0 saturated carbocycles. The van der Waals surface area contributed by atoms with Crippen LogP contribution in [0, 0.1) is 20.8 Å². The molecule has 1 saturated heterocycles. The van der Waals surface area contributed by atoms with Crippen molar-refractivity contribution in [3.8, 4) is 5.69 Å². The van der Waals surface area contributed by atoms with Crippen LogP contribution in [0.25, 0.3) is 5.69 Å². The van der Waals surface area contributed by atoms with E-state index in [1.165, 1.54) is 0 Å². The molecule has 4 aromatic rings. The number of nitrogens with zero attached hydrogens (tertiary/aromatic N) is 5. The molecular weight excluding hydrogens is 618 g/mol. The molecule has 2 aromatic heterocycles. The molecule has 3 N–H and O–H groups in total. The molecule has 0 aliphatic carbocycles. The number of aryl methyl sites for hydroxylation is 3. The van der Waals surface area contributed by atoms with Gasteiger partial charge in [-0.3, -0.25) is 14.7 Å². The monoisotopic (exact) mass is 661 g/mol. The molecule has 3 amide bonds. The molecule has 0 unspecified atom stereocenters. The minimum Gasteiger partial charge on any atom is -0.353 e. The normalized spacial score (nSPS) is 13.4. The van der Waals surface area contributed by atoms with Gasteiger partial charge in [-0.2, -0.15) is 13.5 Å². The van der Waals surface area contributed by atoms with Crippen molar-refractivity contribution in [1.82, 2.24) is 19.7 Å². The first-order chi connectivity index (χ1) is 22.0. The Bertz CT molecular complexity index is 1810. The Morgan fingerprint density at radius 2 is 1.38 bits per heavy atom. The molecule has 13 heteroatoms. The quantitative estimate of drug-likeness (QED) is 0.234. The van der Waals surface area contributed by atoms with Gasteiger partial charge in [0.2, 0.25) is 0 Å². The van der Waals surface area contributed by atoms with E-state index in [0.717, 1.165) is 28.3 Å². The summed E-state index contributed by atoms with van der Waals surface area (Å²) in [5, 5.41) is 10.7. The van der Waals surface area contributed by atoms with Gasteiger partial charge in [0.05, 0.1) is 29.0 Å². The summed E-state index contributed by atoms with van der Waals surface area (Å²) < 4.78 is 27.6. The number of carbonyl (C=O) groups is 2. The maximum absolute atomic E-state index is 13.1. The third-order valence-corrected chi connectivity index (χ3v) is 7.51. The second-order valence-electron chi connectivity index (χ2n) is 12.7. The van der Waals surface area contributed by atoms with Gasteiger partial charge in [-0.1, -0.05) is 56.2 Å². The van der Waals surface area contributed by atoms with Gasteiger partial charge in [-0.25, -0.2) is 14.5 Å². The van der Waals surface area contributed by atoms with Crippen LogP contribution in [-0.2, 0) is 15.5 Å². The SMILES string of the molecule is CS(=O)(=O)O.Cc1ccc(C(=O)N2CCN(c3ccc(NC(=O)Nc4cc(C(C)(C)C)nn4-c4ccc(C)cc4)c(C)n3)CC2)cc1. The molecule has 0 bridgehead atoms. The van der Waals surface area contributed by atoms with E-state index in [1.807, 2.05) is 92.4 Å². The van der Waals surface area contributed by atoms with E-state index in [9.17, 15) is 18.0 Å². The first-order valence-electron chi connectivity index (χ1n) is 15.2. The van der Waals surface area contributed by atoms with Crippen molar-refractivity contribution >= 4 is 39.4 Å². The zero-order valence-electron chi connectivity index (χ0n) is 27.9. The number of piperazine rings is 1. The Morgan fingerprint density at radius 1 is 0.830 bits per heavy atom.